The first-order valence-corrected chi connectivity index (χ1v) is 8.50. The molecule has 0 radical (unpaired) electrons. The van der Waals surface area contributed by atoms with Gasteiger partial charge in [0.2, 0.25) is 11.8 Å². The van der Waals surface area contributed by atoms with Crippen LogP contribution in [0.25, 0.3) is 11.5 Å². The lowest BCUT2D eigenvalue weighted by molar-refractivity contribution is 0.327. The molecule has 0 spiro atoms. The van der Waals surface area contributed by atoms with Crippen LogP contribution in [-0.4, -0.2) is 15.2 Å². The number of nitrogens with one attached hydrogen (secondary N) is 1. The number of hydrogen-bond donors (Lipinski definition) is 1. The average molecular weight is 339 g/mol. The highest BCUT2D eigenvalue weighted by Crippen LogP contribution is 2.27. The predicted octanol–water partition coefficient (Wildman–Crippen LogP) is 3.48. The molecule has 0 aliphatic rings. The fourth-order valence-corrected chi connectivity index (χ4v) is 3.10. The van der Waals surface area contributed by atoms with Crippen LogP contribution in [0.3, 0.4) is 0 Å². The van der Waals surface area contributed by atoms with Gasteiger partial charge in [-0.05, 0) is 37.6 Å². The van der Waals surface area contributed by atoms with Crippen molar-refractivity contribution in [1.29, 1.82) is 5.26 Å². The Balaban J connectivity index is 1.71. The van der Waals surface area contributed by atoms with Crippen LogP contribution in [0.4, 0.5) is 0 Å². The van der Waals surface area contributed by atoms with Crippen molar-refractivity contribution in [1.82, 2.24) is 20.5 Å². The standard InChI is InChI=1S/C17H17N5OS/c1-3-17(2,16-19-8-9-24-16)20-11-14-21-22-15(23-14)13-6-4-12(10-18)5-7-13/h4-9,20H,3,11H2,1-2H3. The first-order chi connectivity index (χ1) is 11.6. The van der Waals surface area contributed by atoms with Crippen LogP contribution in [0.15, 0.2) is 40.3 Å². The van der Waals surface area contributed by atoms with Crippen LogP contribution in [0.2, 0.25) is 0 Å². The van der Waals surface area contributed by atoms with Gasteiger partial charge < -0.3 is 4.42 Å². The molecule has 122 valence electrons. The average Bonchev–Trinajstić information content (AvgIpc) is 3.32. The summed E-state index contributed by atoms with van der Waals surface area (Å²) in [6, 6.07) is 9.15. The predicted molar refractivity (Wildman–Crippen MR) is 91.0 cm³/mol. The molecule has 0 aliphatic carbocycles. The number of nitrogens with zero attached hydrogens (tertiary/aromatic N) is 4. The molecule has 0 fully saturated rings. The fourth-order valence-electron chi connectivity index (χ4n) is 2.25. The summed E-state index contributed by atoms with van der Waals surface area (Å²) < 4.78 is 5.72. The first kappa shape index (κ1) is 16.3. The van der Waals surface area contributed by atoms with Gasteiger partial charge in [-0.3, -0.25) is 5.32 Å². The second kappa shape index (κ2) is 6.91. The molecule has 2 heterocycles. The van der Waals surface area contributed by atoms with E-state index in [1.54, 1.807) is 35.6 Å². The number of benzene rings is 1. The van der Waals surface area contributed by atoms with Gasteiger partial charge >= 0.3 is 0 Å². The molecular weight excluding hydrogens is 322 g/mol. The van der Waals surface area contributed by atoms with E-state index in [-0.39, 0.29) is 5.54 Å². The molecule has 1 aromatic carbocycles. The van der Waals surface area contributed by atoms with E-state index in [0.717, 1.165) is 17.0 Å². The largest absolute Gasteiger partial charge is 0.419 e. The van der Waals surface area contributed by atoms with Crippen LogP contribution >= 0.6 is 11.3 Å². The van der Waals surface area contributed by atoms with Gasteiger partial charge in [-0.15, -0.1) is 21.5 Å². The Hall–Kier alpha value is -2.56. The third kappa shape index (κ3) is 3.35. The molecule has 0 bridgehead atoms. The minimum Gasteiger partial charge on any atom is -0.419 e. The molecule has 0 saturated carbocycles. The summed E-state index contributed by atoms with van der Waals surface area (Å²) in [7, 11) is 0. The van der Waals surface area contributed by atoms with E-state index in [1.165, 1.54) is 0 Å². The van der Waals surface area contributed by atoms with E-state index >= 15 is 0 Å². The molecule has 0 amide bonds. The van der Waals surface area contributed by atoms with Crippen LogP contribution in [-0.2, 0) is 12.1 Å². The summed E-state index contributed by atoms with van der Waals surface area (Å²) in [4.78, 5) is 4.40. The normalized spacial score (nSPS) is 13.4. The van der Waals surface area contributed by atoms with Crippen LogP contribution in [0.5, 0.6) is 0 Å². The minimum absolute atomic E-state index is 0.225. The molecule has 3 rings (SSSR count). The second-order valence-electron chi connectivity index (χ2n) is 5.57. The number of aromatic nitrogens is 3. The Morgan fingerprint density at radius 3 is 2.71 bits per heavy atom. The van der Waals surface area contributed by atoms with Crippen molar-refractivity contribution in [3.63, 3.8) is 0 Å². The molecule has 0 aliphatic heterocycles. The monoisotopic (exact) mass is 339 g/mol. The van der Waals surface area contributed by atoms with E-state index in [2.05, 4.69) is 40.4 Å². The van der Waals surface area contributed by atoms with E-state index in [1.807, 2.05) is 11.6 Å². The Morgan fingerprint density at radius 2 is 2.08 bits per heavy atom. The number of thiazole rings is 1. The van der Waals surface area contributed by atoms with Crippen molar-refractivity contribution in [3.05, 3.63) is 52.3 Å². The van der Waals surface area contributed by atoms with Gasteiger partial charge in [0.25, 0.3) is 0 Å². The molecule has 6 nitrogen and oxygen atoms in total. The van der Waals surface area contributed by atoms with E-state index in [9.17, 15) is 0 Å². The highest BCUT2D eigenvalue weighted by atomic mass is 32.1. The van der Waals surface area contributed by atoms with Gasteiger partial charge in [-0.25, -0.2) is 4.98 Å². The zero-order chi connectivity index (χ0) is 17.0. The Bertz CT molecular complexity index is 835. The summed E-state index contributed by atoms with van der Waals surface area (Å²) in [5, 5.41) is 23.5. The fraction of sp³-hybridized carbons (Fsp3) is 0.294. The molecule has 1 atom stereocenters. The summed E-state index contributed by atoms with van der Waals surface area (Å²) >= 11 is 1.63. The van der Waals surface area contributed by atoms with Gasteiger partial charge in [0.05, 0.1) is 23.7 Å². The summed E-state index contributed by atoms with van der Waals surface area (Å²) in [6.45, 7) is 4.70. The number of rotatable bonds is 6. The van der Waals surface area contributed by atoms with Crippen LogP contribution < -0.4 is 5.32 Å². The van der Waals surface area contributed by atoms with Gasteiger partial charge in [0.15, 0.2) is 0 Å². The third-order valence-electron chi connectivity index (χ3n) is 3.97. The van der Waals surface area contributed by atoms with Crippen molar-refractivity contribution >= 4 is 11.3 Å². The van der Waals surface area contributed by atoms with Gasteiger partial charge in [-0.2, -0.15) is 5.26 Å². The molecule has 1 N–H and O–H groups in total. The quantitative estimate of drug-likeness (QED) is 0.740. The van der Waals surface area contributed by atoms with Crippen LogP contribution in [0.1, 0.15) is 36.7 Å². The SMILES string of the molecule is CCC(C)(NCc1nnc(-c2ccc(C#N)cc2)o1)c1nccs1. The molecule has 7 heteroatoms. The topological polar surface area (TPSA) is 87.6 Å². The molecule has 2 aromatic heterocycles. The summed E-state index contributed by atoms with van der Waals surface area (Å²) in [6.07, 6.45) is 2.71. The molecular formula is C17H17N5OS. The summed E-state index contributed by atoms with van der Waals surface area (Å²) in [5.41, 5.74) is 1.17. The molecule has 1 unspecified atom stereocenters. The molecule has 24 heavy (non-hydrogen) atoms. The Labute approximate surface area is 144 Å². The first-order valence-electron chi connectivity index (χ1n) is 7.62. The van der Waals surface area contributed by atoms with Crippen molar-refractivity contribution in [2.45, 2.75) is 32.4 Å². The lowest BCUT2D eigenvalue weighted by Crippen LogP contribution is -2.38. The van der Waals surface area contributed by atoms with Crippen LogP contribution in [0, 0.1) is 11.3 Å². The van der Waals surface area contributed by atoms with Gasteiger partial charge in [0.1, 0.15) is 5.01 Å². The van der Waals surface area contributed by atoms with Crippen molar-refractivity contribution in [2.24, 2.45) is 0 Å². The maximum absolute atomic E-state index is 8.84. The van der Waals surface area contributed by atoms with E-state index in [4.69, 9.17) is 9.68 Å². The number of hydrogen-bond acceptors (Lipinski definition) is 7. The van der Waals surface area contributed by atoms with E-state index < -0.39 is 0 Å². The maximum atomic E-state index is 8.84. The lowest BCUT2D eigenvalue weighted by atomic mass is 10.00. The van der Waals surface area contributed by atoms with E-state index in [0.29, 0.717) is 23.9 Å². The Kier molecular flexibility index (Phi) is 4.69. The van der Waals surface area contributed by atoms with Crippen molar-refractivity contribution in [3.8, 4) is 17.5 Å². The maximum Gasteiger partial charge on any atom is 0.247 e. The third-order valence-corrected chi connectivity index (χ3v) is 5.01. The summed E-state index contributed by atoms with van der Waals surface area (Å²) in [5.74, 6) is 0.967. The van der Waals surface area contributed by atoms with Crippen molar-refractivity contribution in [2.75, 3.05) is 0 Å². The van der Waals surface area contributed by atoms with Crippen molar-refractivity contribution < 1.29 is 4.42 Å². The molecule has 3 aromatic rings. The highest BCUT2D eigenvalue weighted by Gasteiger charge is 2.27. The van der Waals surface area contributed by atoms with Gasteiger partial charge in [0, 0.05) is 17.1 Å². The smallest absolute Gasteiger partial charge is 0.247 e. The van der Waals surface area contributed by atoms with Gasteiger partial charge in [-0.1, -0.05) is 6.92 Å². The Morgan fingerprint density at radius 1 is 1.29 bits per heavy atom. The number of nitriles is 1. The molecule has 0 saturated heterocycles. The zero-order valence-corrected chi connectivity index (χ0v) is 14.3. The minimum atomic E-state index is -0.225. The second-order valence-corrected chi connectivity index (χ2v) is 6.46. The zero-order valence-electron chi connectivity index (χ0n) is 13.5. The highest BCUT2D eigenvalue weighted by molar-refractivity contribution is 7.09. The lowest BCUT2D eigenvalue weighted by Gasteiger charge is -2.26.